The maximum atomic E-state index is 12.4. The number of carbonyl (C=O) groups excluding carboxylic acids is 1. The van der Waals surface area contributed by atoms with Crippen LogP contribution in [0.15, 0.2) is 21.5 Å². The van der Waals surface area contributed by atoms with Gasteiger partial charge in [0.1, 0.15) is 10.4 Å². The lowest BCUT2D eigenvalue weighted by Gasteiger charge is -2.18. The molecule has 0 spiro atoms. The Morgan fingerprint density at radius 2 is 2.17 bits per heavy atom. The quantitative estimate of drug-likeness (QED) is 0.575. The zero-order valence-corrected chi connectivity index (χ0v) is 15.3. The van der Waals surface area contributed by atoms with Gasteiger partial charge in [-0.2, -0.15) is 0 Å². The van der Waals surface area contributed by atoms with Crippen molar-refractivity contribution in [3.63, 3.8) is 0 Å². The number of carbonyl (C=O) groups is 2. The van der Waals surface area contributed by atoms with Gasteiger partial charge >= 0.3 is 5.97 Å². The molecule has 9 heteroatoms. The first-order chi connectivity index (χ1) is 10.8. The number of carboxylic acids is 1. The number of amides is 1. The fourth-order valence-electron chi connectivity index (χ4n) is 1.91. The molecular weight excluding hydrogens is 406 g/mol. The summed E-state index contributed by atoms with van der Waals surface area (Å²) in [6.07, 6.45) is 1.57. The topological polar surface area (TPSA) is 87.1 Å². The van der Waals surface area contributed by atoms with Gasteiger partial charge in [-0.25, -0.2) is 4.79 Å². The van der Waals surface area contributed by atoms with E-state index in [4.69, 9.17) is 22.1 Å². The third-order valence-electron chi connectivity index (χ3n) is 3.14. The van der Waals surface area contributed by atoms with Crippen LogP contribution >= 0.6 is 39.9 Å². The molecule has 0 unspecified atom stereocenters. The fraction of sp³-hybridized carbons (Fsp3) is 0.214. The molecule has 23 heavy (non-hydrogen) atoms. The van der Waals surface area contributed by atoms with Crippen molar-refractivity contribution in [1.82, 2.24) is 4.90 Å². The lowest BCUT2D eigenvalue weighted by Crippen LogP contribution is -2.41. The highest BCUT2D eigenvalue weighted by molar-refractivity contribution is 9.10. The van der Waals surface area contributed by atoms with Gasteiger partial charge in [-0.15, -0.1) is 0 Å². The molecule has 1 saturated heterocycles. The van der Waals surface area contributed by atoms with Crippen LogP contribution in [0.2, 0.25) is 0 Å². The van der Waals surface area contributed by atoms with Crippen LogP contribution in [0.4, 0.5) is 0 Å². The van der Waals surface area contributed by atoms with Gasteiger partial charge in [0.25, 0.3) is 5.91 Å². The minimum absolute atomic E-state index is 0.0447. The monoisotopic (exact) mass is 417 g/mol. The van der Waals surface area contributed by atoms with Gasteiger partial charge in [0.2, 0.25) is 0 Å². The molecule has 0 bridgehead atoms. The van der Waals surface area contributed by atoms with Crippen LogP contribution in [0.3, 0.4) is 0 Å². The Morgan fingerprint density at radius 3 is 2.74 bits per heavy atom. The molecule has 1 aliphatic rings. The number of thioether (sulfide) groups is 1. The van der Waals surface area contributed by atoms with Gasteiger partial charge in [0.15, 0.2) is 11.5 Å². The van der Waals surface area contributed by atoms with E-state index in [0.29, 0.717) is 14.9 Å². The number of thiocarbonyl (C=S) groups is 1. The summed E-state index contributed by atoms with van der Waals surface area (Å²) >= 11 is 9.33. The molecule has 0 aliphatic carbocycles. The Labute approximate surface area is 150 Å². The summed E-state index contributed by atoms with van der Waals surface area (Å²) in [6, 6.07) is 2.15. The molecule has 2 N–H and O–H groups in total. The number of carboxylic acid groups (broad SMARTS) is 1. The standard InChI is InChI=1S/C14H12BrNO5S2/c1-6(13(19)20)16-12(18)10(23-14(16)22)5-7-3-8(15)11(17)9(4-7)21-2/h3-6,17H,1-2H3,(H,19,20)/b10-5+/t6-/m0/s1. The molecule has 1 atom stereocenters. The Morgan fingerprint density at radius 1 is 1.52 bits per heavy atom. The first-order valence-electron chi connectivity index (χ1n) is 6.32. The van der Waals surface area contributed by atoms with Crippen LogP contribution in [0.1, 0.15) is 12.5 Å². The number of hydrogen-bond acceptors (Lipinski definition) is 6. The number of rotatable bonds is 4. The number of methoxy groups -OCH3 is 1. The second-order valence-corrected chi connectivity index (χ2v) is 7.15. The highest BCUT2D eigenvalue weighted by Gasteiger charge is 2.38. The van der Waals surface area contributed by atoms with E-state index in [9.17, 15) is 14.7 Å². The van der Waals surface area contributed by atoms with Gasteiger partial charge in [-0.3, -0.25) is 9.69 Å². The Hall–Kier alpha value is -1.58. The number of aromatic hydroxyl groups is 1. The molecule has 2 rings (SSSR count). The van der Waals surface area contributed by atoms with Crippen LogP contribution in [-0.4, -0.2) is 44.5 Å². The number of aliphatic carboxylic acids is 1. The van der Waals surface area contributed by atoms with E-state index in [0.717, 1.165) is 16.7 Å². The number of phenols is 1. The second-order valence-electron chi connectivity index (χ2n) is 4.62. The molecule has 1 aromatic carbocycles. The lowest BCUT2D eigenvalue weighted by atomic mass is 10.1. The van der Waals surface area contributed by atoms with Crippen molar-refractivity contribution in [3.05, 3.63) is 27.1 Å². The average molecular weight is 418 g/mol. The van der Waals surface area contributed by atoms with Gasteiger partial charge in [-0.05, 0) is 46.6 Å². The molecule has 1 amide bonds. The Bertz CT molecular complexity index is 734. The highest BCUT2D eigenvalue weighted by atomic mass is 79.9. The first-order valence-corrected chi connectivity index (χ1v) is 8.34. The van der Waals surface area contributed by atoms with Gasteiger partial charge in [0, 0.05) is 0 Å². The molecular formula is C14H12BrNO5S2. The van der Waals surface area contributed by atoms with E-state index in [1.807, 2.05) is 0 Å². The summed E-state index contributed by atoms with van der Waals surface area (Å²) in [5.41, 5.74) is 0.606. The van der Waals surface area contributed by atoms with Gasteiger partial charge < -0.3 is 14.9 Å². The third-order valence-corrected chi connectivity index (χ3v) is 5.07. The molecule has 122 valence electrons. The largest absolute Gasteiger partial charge is 0.503 e. The van der Waals surface area contributed by atoms with E-state index in [-0.39, 0.29) is 15.8 Å². The predicted octanol–water partition coefficient (Wildman–Crippen LogP) is 2.84. The number of phenolic OH excluding ortho intramolecular Hbond substituents is 1. The summed E-state index contributed by atoms with van der Waals surface area (Å²) in [4.78, 5) is 24.8. The lowest BCUT2D eigenvalue weighted by molar-refractivity contribution is -0.144. The molecule has 0 radical (unpaired) electrons. The number of hydrogen-bond donors (Lipinski definition) is 2. The molecule has 1 aliphatic heterocycles. The summed E-state index contributed by atoms with van der Waals surface area (Å²) < 4.78 is 5.66. The average Bonchev–Trinajstić information content (AvgIpc) is 2.76. The first kappa shape index (κ1) is 17.8. The van der Waals surface area contributed by atoms with Crippen molar-refractivity contribution >= 4 is 62.2 Å². The number of benzene rings is 1. The zero-order valence-electron chi connectivity index (χ0n) is 12.1. The summed E-state index contributed by atoms with van der Waals surface area (Å²) in [5, 5.41) is 18.9. The highest BCUT2D eigenvalue weighted by Crippen LogP contribution is 2.38. The van der Waals surface area contributed by atoms with Gasteiger partial charge in [0.05, 0.1) is 16.5 Å². The Kier molecular flexibility index (Phi) is 5.33. The van der Waals surface area contributed by atoms with Gasteiger partial charge in [-0.1, -0.05) is 24.0 Å². The Balaban J connectivity index is 2.38. The van der Waals surface area contributed by atoms with E-state index < -0.39 is 17.9 Å². The number of halogens is 1. The van der Waals surface area contributed by atoms with Crippen LogP contribution in [0.5, 0.6) is 11.5 Å². The minimum Gasteiger partial charge on any atom is -0.503 e. The van der Waals surface area contributed by atoms with E-state index in [1.54, 1.807) is 18.2 Å². The second kappa shape index (κ2) is 6.90. The normalized spacial score (nSPS) is 17.7. The van der Waals surface area contributed by atoms with E-state index in [2.05, 4.69) is 15.9 Å². The zero-order chi connectivity index (χ0) is 17.3. The van der Waals surface area contributed by atoms with Crippen LogP contribution in [0, 0.1) is 0 Å². The molecule has 0 aromatic heterocycles. The fourth-order valence-corrected chi connectivity index (χ4v) is 3.79. The van der Waals surface area contributed by atoms with Crippen LogP contribution in [-0.2, 0) is 9.59 Å². The number of ether oxygens (including phenoxy) is 1. The van der Waals surface area contributed by atoms with Crippen molar-refractivity contribution in [3.8, 4) is 11.5 Å². The van der Waals surface area contributed by atoms with Crippen LogP contribution < -0.4 is 4.74 Å². The van der Waals surface area contributed by atoms with Crippen molar-refractivity contribution in [2.75, 3.05) is 7.11 Å². The molecule has 6 nitrogen and oxygen atoms in total. The summed E-state index contributed by atoms with van der Waals surface area (Å²) in [5.74, 6) is -1.38. The maximum Gasteiger partial charge on any atom is 0.326 e. The van der Waals surface area contributed by atoms with E-state index >= 15 is 0 Å². The SMILES string of the molecule is COc1cc(/C=C2/SC(=S)N([C@@H](C)C(=O)O)C2=O)cc(Br)c1O. The molecule has 1 fully saturated rings. The maximum absolute atomic E-state index is 12.4. The van der Waals surface area contributed by atoms with E-state index in [1.165, 1.54) is 14.0 Å². The van der Waals surface area contributed by atoms with Crippen molar-refractivity contribution in [1.29, 1.82) is 0 Å². The van der Waals surface area contributed by atoms with Crippen molar-refractivity contribution in [2.24, 2.45) is 0 Å². The minimum atomic E-state index is -1.13. The summed E-state index contributed by atoms with van der Waals surface area (Å²) in [7, 11) is 1.42. The molecule has 0 saturated carbocycles. The van der Waals surface area contributed by atoms with Crippen molar-refractivity contribution < 1.29 is 24.5 Å². The molecule has 1 heterocycles. The van der Waals surface area contributed by atoms with Crippen molar-refractivity contribution in [2.45, 2.75) is 13.0 Å². The molecule has 1 aromatic rings. The third kappa shape index (κ3) is 3.51. The number of nitrogens with zero attached hydrogens (tertiary/aromatic N) is 1. The predicted molar refractivity (Wildman–Crippen MR) is 94.5 cm³/mol. The summed E-state index contributed by atoms with van der Waals surface area (Å²) in [6.45, 7) is 1.40. The van der Waals surface area contributed by atoms with Crippen LogP contribution in [0.25, 0.3) is 6.08 Å². The smallest absolute Gasteiger partial charge is 0.326 e.